The third kappa shape index (κ3) is 3.84. The van der Waals surface area contributed by atoms with Gasteiger partial charge >= 0.3 is 0 Å². The van der Waals surface area contributed by atoms with E-state index in [1.54, 1.807) is 12.4 Å². The van der Waals surface area contributed by atoms with E-state index in [-0.39, 0.29) is 5.91 Å². The van der Waals surface area contributed by atoms with Crippen LogP contribution < -0.4 is 5.32 Å². The predicted molar refractivity (Wildman–Crippen MR) is 110 cm³/mol. The van der Waals surface area contributed by atoms with Crippen molar-refractivity contribution in [2.24, 2.45) is 0 Å². The first-order valence-corrected chi connectivity index (χ1v) is 9.71. The first-order valence-electron chi connectivity index (χ1n) is 9.71. The van der Waals surface area contributed by atoms with E-state index < -0.39 is 0 Å². The maximum atomic E-state index is 12.5. The molecule has 7 heteroatoms. The number of hydrogen-bond donors (Lipinski definition) is 1. The second-order valence-electron chi connectivity index (χ2n) is 7.34. The van der Waals surface area contributed by atoms with Gasteiger partial charge in [0.05, 0.1) is 6.20 Å². The number of benzene rings is 1. The van der Waals surface area contributed by atoms with Crippen LogP contribution in [0.25, 0.3) is 16.9 Å². The summed E-state index contributed by atoms with van der Waals surface area (Å²) in [4.78, 5) is 25.7. The normalized spacial score (nSPS) is 15.1. The van der Waals surface area contributed by atoms with Crippen LogP contribution in [0.3, 0.4) is 0 Å². The Morgan fingerprint density at radius 2 is 1.89 bits per heavy atom. The number of nitrogens with zero attached hydrogens (tertiary/aromatic N) is 5. The summed E-state index contributed by atoms with van der Waals surface area (Å²) in [5, 5.41) is 3.44. The Morgan fingerprint density at radius 1 is 1.14 bits per heavy atom. The number of fused-ring (bicyclic) bond motifs is 1. The number of likely N-dealkylation sites (N-methyl/N-ethyl adjacent to an activating group) is 1. The standard InChI is InChI=1S/C21H26N6O/c1-16-3-5-17(6-4-16)20-21(27-10-9-22-15-18(27)24-20)23-8-7-19(28)26-13-11-25(2)12-14-26/h3-6,9-10,15,23H,7-8,11-14H2,1-2H3. The monoisotopic (exact) mass is 378 g/mol. The minimum Gasteiger partial charge on any atom is -0.369 e. The Hall–Kier alpha value is -2.93. The number of aromatic nitrogens is 3. The summed E-state index contributed by atoms with van der Waals surface area (Å²) in [6, 6.07) is 8.31. The fraction of sp³-hybridized carbons (Fsp3) is 0.381. The minimum absolute atomic E-state index is 0.202. The molecule has 146 valence electrons. The molecule has 3 aromatic rings. The fourth-order valence-corrected chi connectivity index (χ4v) is 3.49. The third-order valence-electron chi connectivity index (χ3n) is 5.24. The van der Waals surface area contributed by atoms with Crippen molar-refractivity contribution in [3.05, 3.63) is 48.4 Å². The van der Waals surface area contributed by atoms with Crippen LogP contribution in [-0.2, 0) is 4.79 Å². The molecule has 28 heavy (non-hydrogen) atoms. The van der Waals surface area contributed by atoms with Crippen molar-refractivity contribution in [2.45, 2.75) is 13.3 Å². The molecule has 2 aromatic heterocycles. The van der Waals surface area contributed by atoms with Gasteiger partial charge in [-0.1, -0.05) is 29.8 Å². The molecule has 1 saturated heterocycles. The summed E-state index contributed by atoms with van der Waals surface area (Å²) in [5.74, 6) is 1.10. The Morgan fingerprint density at radius 3 is 2.64 bits per heavy atom. The smallest absolute Gasteiger partial charge is 0.224 e. The van der Waals surface area contributed by atoms with Gasteiger partial charge in [-0.3, -0.25) is 14.2 Å². The van der Waals surface area contributed by atoms with Crippen molar-refractivity contribution in [1.82, 2.24) is 24.2 Å². The van der Waals surface area contributed by atoms with Gasteiger partial charge in [-0.15, -0.1) is 0 Å². The van der Waals surface area contributed by atoms with Crippen molar-refractivity contribution in [3.8, 4) is 11.3 Å². The molecule has 4 rings (SSSR count). The molecule has 1 fully saturated rings. The van der Waals surface area contributed by atoms with E-state index >= 15 is 0 Å². The summed E-state index contributed by atoms with van der Waals surface area (Å²) in [5.41, 5.74) is 3.91. The highest BCUT2D eigenvalue weighted by Crippen LogP contribution is 2.28. The number of carbonyl (C=O) groups excluding carboxylic acids is 1. The Labute approximate surface area is 165 Å². The molecule has 0 unspecified atom stereocenters. The van der Waals surface area contributed by atoms with Gasteiger partial charge in [0.1, 0.15) is 11.5 Å². The van der Waals surface area contributed by atoms with E-state index in [0.717, 1.165) is 48.9 Å². The molecule has 0 saturated carbocycles. The van der Waals surface area contributed by atoms with E-state index in [4.69, 9.17) is 4.98 Å². The van der Waals surface area contributed by atoms with E-state index in [9.17, 15) is 4.79 Å². The maximum absolute atomic E-state index is 12.5. The Balaban J connectivity index is 1.50. The Kier molecular flexibility index (Phi) is 5.25. The number of nitrogens with one attached hydrogen (secondary N) is 1. The van der Waals surface area contributed by atoms with Crippen molar-refractivity contribution in [2.75, 3.05) is 45.1 Å². The van der Waals surface area contributed by atoms with Gasteiger partial charge in [-0.25, -0.2) is 4.98 Å². The summed E-state index contributed by atoms with van der Waals surface area (Å²) in [6.07, 6.45) is 5.85. The summed E-state index contributed by atoms with van der Waals surface area (Å²) in [7, 11) is 2.09. The topological polar surface area (TPSA) is 65.8 Å². The van der Waals surface area contributed by atoms with E-state index in [2.05, 4.69) is 53.4 Å². The average molecular weight is 378 g/mol. The van der Waals surface area contributed by atoms with Crippen LogP contribution in [-0.4, -0.2) is 69.8 Å². The quantitative estimate of drug-likeness (QED) is 0.738. The van der Waals surface area contributed by atoms with Crippen LogP contribution in [0.2, 0.25) is 0 Å². The van der Waals surface area contributed by atoms with Crippen molar-refractivity contribution >= 4 is 17.4 Å². The zero-order chi connectivity index (χ0) is 19.5. The second-order valence-corrected chi connectivity index (χ2v) is 7.34. The van der Waals surface area contributed by atoms with E-state index in [0.29, 0.717) is 13.0 Å². The molecule has 1 N–H and O–H groups in total. The number of amides is 1. The summed E-state index contributed by atoms with van der Waals surface area (Å²) in [6.45, 7) is 6.14. The number of carbonyl (C=O) groups is 1. The number of rotatable bonds is 5. The van der Waals surface area contributed by atoms with Gasteiger partial charge in [-0.2, -0.15) is 0 Å². The molecule has 0 spiro atoms. The maximum Gasteiger partial charge on any atom is 0.224 e. The third-order valence-corrected chi connectivity index (χ3v) is 5.24. The number of anilines is 1. The van der Waals surface area contributed by atoms with Gasteiger partial charge in [0.2, 0.25) is 5.91 Å². The lowest BCUT2D eigenvalue weighted by Crippen LogP contribution is -2.47. The van der Waals surface area contributed by atoms with Crippen LogP contribution in [0.1, 0.15) is 12.0 Å². The second kappa shape index (κ2) is 7.98. The van der Waals surface area contributed by atoms with Crippen molar-refractivity contribution in [3.63, 3.8) is 0 Å². The molecule has 0 atom stereocenters. The average Bonchev–Trinajstić information content (AvgIpc) is 3.08. The summed E-state index contributed by atoms with van der Waals surface area (Å²) >= 11 is 0. The molecular formula is C21H26N6O. The van der Waals surface area contributed by atoms with Crippen molar-refractivity contribution in [1.29, 1.82) is 0 Å². The molecular weight excluding hydrogens is 352 g/mol. The zero-order valence-electron chi connectivity index (χ0n) is 16.4. The SMILES string of the molecule is Cc1ccc(-c2nc3cnccn3c2NCCC(=O)N2CCN(C)CC2)cc1. The van der Waals surface area contributed by atoms with Gasteiger partial charge < -0.3 is 15.1 Å². The largest absolute Gasteiger partial charge is 0.369 e. The molecule has 0 radical (unpaired) electrons. The molecule has 0 bridgehead atoms. The first-order chi connectivity index (χ1) is 13.6. The molecule has 1 amide bonds. The van der Waals surface area contributed by atoms with Crippen LogP contribution in [0, 0.1) is 6.92 Å². The van der Waals surface area contributed by atoms with Gasteiger partial charge in [0, 0.05) is 57.1 Å². The van der Waals surface area contributed by atoms with Crippen LogP contribution in [0.4, 0.5) is 5.82 Å². The highest BCUT2D eigenvalue weighted by molar-refractivity contribution is 5.79. The Bertz CT molecular complexity index is 957. The number of imidazole rings is 1. The highest BCUT2D eigenvalue weighted by atomic mass is 16.2. The van der Waals surface area contributed by atoms with Gasteiger partial charge in [-0.05, 0) is 14.0 Å². The first kappa shape index (κ1) is 18.4. The molecule has 0 aliphatic carbocycles. The van der Waals surface area contributed by atoms with Crippen molar-refractivity contribution < 1.29 is 4.79 Å². The minimum atomic E-state index is 0.202. The predicted octanol–water partition coefficient (Wildman–Crippen LogP) is 2.28. The highest BCUT2D eigenvalue weighted by Gasteiger charge is 2.19. The molecule has 1 aliphatic rings. The van der Waals surface area contributed by atoms with E-state index in [1.807, 2.05) is 15.5 Å². The van der Waals surface area contributed by atoms with E-state index in [1.165, 1.54) is 5.56 Å². The molecule has 1 aromatic carbocycles. The number of aryl methyl sites for hydroxylation is 1. The van der Waals surface area contributed by atoms with Crippen LogP contribution in [0.5, 0.6) is 0 Å². The number of piperazine rings is 1. The molecule has 7 nitrogen and oxygen atoms in total. The lowest BCUT2D eigenvalue weighted by Gasteiger charge is -2.32. The molecule has 1 aliphatic heterocycles. The zero-order valence-corrected chi connectivity index (χ0v) is 16.4. The van der Waals surface area contributed by atoms with Crippen LogP contribution >= 0.6 is 0 Å². The lowest BCUT2D eigenvalue weighted by atomic mass is 10.1. The van der Waals surface area contributed by atoms with Gasteiger partial charge in [0.15, 0.2) is 5.65 Å². The fourth-order valence-electron chi connectivity index (χ4n) is 3.49. The van der Waals surface area contributed by atoms with Gasteiger partial charge in [0.25, 0.3) is 0 Å². The molecule has 3 heterocycles. The summed E-state index contributed by atoms with van der Waals surface area (Å²) < 4.78 is 1.99. The number of hydrogen-bond acceptors (Lipinski definition) is 5. The van der Waals surface area contributed by atoms with Crippen LogP contribution in [0.15, 0.2) is 42.9 Å². The lowest BCUT2D eigenvalue weighted by molar-refractivity contribution is -0.132.